The van der Waals surface area contributed by atoms with E-state index in [1.165, 1.54) is 0 Å². The molecule has 0 aromatic heterocycles. The maximum atomic E-state index is 13.4. The molecule has 2 aromatic carbocycles. The predicted molar refractivity (Wildman–Crippen MR) is 110 cm³/mol. The summed E-state index contributed by atoms with van der Waals surface area (Å²) in [5.41, 5.74) is 1.39. The van der Waals surface area contributed by atoms with E-state index in [0.29, 0.717) is 26.1 Å². The monoisotopic (exact) mass is 381 g/mol. The smallest absolute Gasteiger partial charge is 0.410 e. The van der Waals surface area contributed by atoms with Gasteiger partial charge in [0.25, 0.3) is 5.91 Å². The molecule has 2 fully saturated rings. The van der Waals surface area contributed by atoms with Crippen LogP contribution < -0.4 is 4.90 Å². The van der Waals surface area contributed by atoms with Gasteiger partial charge in [-0.3, -0.25) is 4.79 Å². The van der Waals surface area contributed by atoms with Crippen LogP contribution in [-0.2, 0) is 4.74 Å². The maximum absolute atomic E-state index is 13.4. The number of nitrogens with zero attached hydrogens (tertiary/aromatic N) is 3. The van der Waals surface area contributed by atoms with Crippen molar-refractivity contribution in [2.24, 2.45) is 0 Å². The van der Waals surface area contributed by atoms with Gasteiger partial charge in [-0.05, 0) is 30.4 Å². The number of anilines is 1. The molecule has 2 aliphatic rings. The summed E-state index contributed by atoms with van der Waals surface area (Å²) in [5.74, 6) is 0.0521. The fraction of sp³-hybridized carbons (Fsp3) is 0.455. The van der Waals surface area contributed by atoms with Crippen molar-refractivity contribution in [2.45, 2.75) is 24.9 Å². The highest BCUT2D eigenvalue weighted by Gasteiger charge is 2.44. The standard InChI is InChI=1S/C22H27N3O3/c1-23(2)19-10-9-18(16-7-4-5-8-17(16)19)20(26)25-13-6-11-22(12-14-25)15-24(3)21(27)28-22/h4-5,7-10H,6,11-15H2,1-3H3. The van der Waals surface area contributed by atoms with Gasteiger partial charge in [0.2, 0.25) is 0 Å². The van der Waals surface area contributed by atoms with Crippen LogP contribution in [0.25, 0.3) is 10.8 Å². The molecule has 1 atom stereocenters. The fourth-order valence-electron chi connectivity index (χ4n) is 4.45. The molecule has 1 spiro atoms. The molecule has 6 heteroatoms. The number of carbonyl (C=O) groups is 2. The molecule has 148 valence electrons. The van der Waals surface area contributed by atoms with Crippen molar-refractivity contribution in [3.05, 3.63) is 42.0 Å². The number of fused-ring (bicyclic) bond motifs is 1. The molecule has 0 radical (unpaired) electrons. The van der Waals surface area contributed by atoms with Gasteiger partial charge < -0.3 is 19.4 Å². The van der Waals surface area contributed by atoms with Crippen molar-refractivity contribution < 1.29 is 14.3 Å². The molecular weight excluding hydrogens is 354 g/mol. The summed E-state index contributed by atoms with van der Waals surface area (Å²) in [5, 5.41) is 2.06. The molecule has 2 saturated heterocycles. The Morgan fingerprint density at radius 3 is 2.50 bits per heavy atom. The van der Waals surface area contributed by atoms with Crippen molar-refractivity contribution in [3.8, 4) is 0 Å². The summed E-state index contributed by atoms with van der Waals surface area (Å²) in [6.07, 6.45) is 2.06. The third-order valence-corrected chi connectivity index (χ3v) is 5.94. The van der Waals surface area contributed by atoms with E-state index in [9.17, 15) is 9.59 Å². The van der Waals surface area contributed by atoms with E-state index in [-0.39, 0.29) is 12.0 Å². The molecule has 28 heavy (non-hydrogen) atoms. The SMILES string of the molecule is CN1CC2(CCCN(C(=O)c3ccc(N(C)C)c4ccccc34)CC2)OC1=O. The van der Waals surface area contributed by atoms with E-state index in [0.717, 1.165) is 34.9 Å². The lowest BCUT2D eigenvalue weighted by molar-refractivity contribution is 0.0439. The van der Waals surface area contributed by atoms with Crippen LogP contribution in [0.5, 0.6) is 0 Å². The zero-order chi connectivity index (χ0) is 19.9. The number of hydrogen-bond donors (Lipinski definition) is 0. The van der Waals surface area contributed by atoms with Crippen LogP contribution in [-0.4, -0.2) is 68.2 Å². The average molecular weight is 381 g/mol. The summed E-state index contributed by atoms with van der Waals surface area (Å²) >= 11 is 0. The van der Waals surface area contributed by atoms with Gasteiger partial charge in [0.1, 0.15) is 5.60 Å². The number of likely N-dealkylation sites (tertiary alicyclic amines) is 1. The predicted octanol–water partition coefficient (Wildman–Crippen LogP) is 3.35. The van der Waals surface area contributed by atoms with Crippen molar-refractivity contribution in [1.29, 1.82) is 0 Å². The van der Waals surface area contributed by atoms with Crippen molar-refractivity contribution >= 4 is 28.5 Å². The van der Waals surface area contributed by atoms with Gasteiger partial charge in [-0.2, -0.15) is 0 Å². The highest BCUT2D eigenvalue weighted by atomic mass is 16.6. The summed E-state index contributed by atoms with van der Waals surface area (Å²) < 4.78 is 5.67. The van der Waals surface area contributed by atoms with Crippen LogP contribution in [0.4, 0.5) is 10.5 Å². The third-order valence-electron chi connectivity index (χ3n) is 5.94. The van der Waals surface area contributed by atoms with E-state index in [4.69, 9.17) is 4.74 Å². The first-order valence-corrected chi connectivity index (χ1v) is 9.83. The summed E-state index contributed by atoms with van der Waals surface area (Å²) in [4.78, 5) is 30.8. The van der Waals surface area contributed by atoms with Crippen LogP contribution in [0.15, 0.2) is 36.4 Å². The van der Waals surface area contributed by atoms with Crippen LogP contribution in [0.1, 0.15) is 29.6 Å². The molecule has 2 heterocycles. The maximum Gasteiger partial charge on any atom is 0.410 e. The fourth-order valence-corrected chi connectivity index (χ4v) is 4.45. The molecule has 1 unspecified atom stereocenters. The number of hydrogen-bond acceptors (Lipinski definition) is 4. The second-order valence-corrected chi connectivity index (χ2v) is 8.13. The summed E-state index contributed by atoms with van der Waals surface area (Å²) in [6.45, 7) is 1.89. The highest BCUT2D eigenvalue weighted by Crippen LogP contribution is 2.34. The highest BCUT2D eigenvalue weighted by molar-refractivity contribution is 6.10. The lowest BCUT2D eigenvalue weighted by Crippen LogP contribution is -2.36. The zero-order valence-electron chi connectivity index (χ0n) is 16.8. The van der Waals surface area contributed by atoms with E-state index < -0.39 is 5.60 Å². The quantitative estimate of drug-likeness (QED) is 0.801. The molecular formula is C22H27N3O3. The minimum Gasteiger partial charge on any atom is -0.441 e. The van der Waals surface area contributed by atoms with Crippen molar-refractivity contribution in [3.63, 3.8) is 0 Å². The molecule has 4 rings (SSSR count). The molecule has 2 aliphatic heterocycles. The number of ether oxygens (including phenoxy) is 1. The molecule has 0 aliphatic carbocycles. The number of benzene rings is 2. The van der Waals surface area contributed by atoms with Gasteiger partial charge >= 0.3 is 6.09 Å². The van der Waals surface area contributed by atoms with Crippen LogP contribution in [0.2, 0.25) is 0 Å². The average Bonchev–Trinajstić information content (AvgIpc) is 2.83. The topological polar surface area (TPSA) is 53.1 Å². The first-order chi connectivity index (χ1) is 13.4. The van der Waals surface area contributed by atoms with E-state index >= 15 is 0 Å². The minimum absolute atomic E-state index is 0.0521. The van der Waals surface area contributed by atoms with Gasteiger partial charge in [0.15, 0.2) is 0 Å². The van der Waals surface area contributed by atoms with Gasteiger partial charge in [-0.25, -0.2) is 4.79 Å². The Balaban J connectivity index is 1.60. The first-order valence-electron chi connectivity index (χ1n) is 9.83. The summed E-state index contributed by atoms with van der Waals surface area (Å²) in [6, 6.07) is 12.0. The van der Waals surface area contributed by atoms with Crippen LogP contribution in [0, 0.1) is 0 Å². The first kappa shape index (κ1) is 18.6. The van der Waals surface area contributed by atoms with Gasteiger partial charge in [0.05, 0.1) is 6.54 Å². The van der Waals surface area contributed by atoms with E-state index in [2.05, 4.69) is 11.0 Å². The molecule has 0 N–H and O–H groups in total. The normalized spacial score (nSPS) is 22.5. The molecule has 2 amide bonds. The van der Waals surface area contributed by atoms with Crippen LogP contribution >= 0.6 is 0 Å². The van der Waals surface area contributed by atoms with Gasteiger partial charge in [-0.1, -0.05) is 24.3 Å². The van der Waals surface area contributed by atoms with Crippen molar-refractivity contribution in [1.82, 2.24) is 9.80 Å². The Hall–Kier alpha value is -2.76. The second kappa shape index (κ2) is 7.00. The number of amides is 2. The largest absolute Gasteiger partial charge is 0.441 e. The Labute approximate surface area is 165 Å². The van der Waals surface area contributed by atoms with E-state index in [1.807, 2.05) is 49.3 Å². The molecule has 0 saturated carbocycles. The zero-order valence-corrected chi connectivity index (χ0v) is 16.8. The third kappa shape index (κ3) is 3.17. The molecule has 2 aromatic rings. The van der Waals surface area contributed by atoms with Crippen LogP contribution in [0.3, 0.4) is 0 Å². The molecule has 6 nitrogen and oxygen atoms in total. The van der Waals surface area contributed by atoms with Crippen molar-refractivity contribution in [2.75, 3.05) is 45.7 Å². The molecule has 0 bridgehead atoms. The lowest BCUT2D eigenvalue weighted by Gasteiger charge is -2.26. The Morgan fingerprint density at radius 2 is 1.82 bits per heavy atom. The Morgan fingerprint density at radius 1 is 1.07 bits per heavy atom. The second-order valence-electron chi connectivity index (χ2n) is 8.13. The Kier molecular flexibility index (Phi) is 4.65. The van der Waals surface area contributed by atoms with Gasteiger partial charge in [-0.15, -0.1) is 0 Å². The summed E-state index contributed by atoms with van der Waals surface area (Å²) in [7, 11) is 5.79. The number of likely N-dealkylation sites (N-methyl/N-ethyl adjacent to an activating group) is 1. The lowest BCUT2D eigenvalue weighted by atomic mass is 9.95. The number of rotatable bonds is 2. The number of carbonyl (C=O) groups excluding carboxylic acids is 2. The Bertz CT molecular complexity index is 926. The minimum atomic E-state index is -0.447. The van der Waals surface area contributed by atoms with Gasteiger partial charge in [0, 0.05) is 57.3 Å². The van der Waals surface area contributed by atoms with E-state index in [1.54, 1.807) is 11.9 Å².